The zero-order chi connectivity index (χ0) is 28.9. The lowest BCUT2D eigenvalue weighted by atomic mass is 10.1. The van der Waals surface area contributed by atoms with Crippen molar-refractivity contribution in [2.24, 2.45) is 0 Å². The van der Waals surface area contributed by atoms with Gasteiger partial charge in [-0.3, -0.25) is 19.8 Å². The van der Waals surface area contributed by atoms with E-state index in [1.54, 1.807) is 17.2 Å². The molecular weight excluding hydrogens is 530 g/mol. The standard InChI is InChI=1S/C27H35N9O5/c1-18-12-23(30-27(39)40-3)29-14-21(18)25-31-26(35-8-10-41-11-9-35)22-13-20(17-36(22)32-25)16-33-4-6-34(7-5-33)24(38)15-28-19(2)37/h12-14,17H,4-11,15-16H2,1-3H3,(H,28,37)(H,29,30,39). The van der Waals surface area contributed by atoms with Crippen molar-refractivity contribution in [1.82, 2.24) is 34.7 Å². The Balaban J connectivity index is 1.37. The molecule has 2 N–H and O–H groups in total. The number of nitrogens with zero attached hydrogens (tertiary/aromatic N) is 7. The first kappa shape index (κ1) is 28.2. The average molecular weight is 566 g/mol. The number of hydrogen-bond donors (Lipinski definition) is 2. The summed E-state index contributed by atoms with van der Waals surface area (Å²) in [5.74, 6) is 1.47. The number of fused-ring (bicyclic) bond motifs is 1. The van der Waals surface area contributed by atoms with Gasteiger partial charge >= 0.3 is 6.09 Å². The van der Waals surface area contributed by atoms with Crippen molar-refractivity contribution in [2.75, 3.05) is 76.4 Å². The summed E-state index contributed by atoms with van der Waals surface area (Å²) in [6.45, 7) is 9.47. The zero-order valence-corrected chi connectivity index (χ0v) is 23.6. The molecule has 0 aliphatic carbocycles. The fourth-order valence-electron chi connectivity index (χ4n) is 4.99. The van der Waals surface area contributed by atoms with Gasteiger partial charge in [0.15, 0.2) is 11.6 Å². The van der Waals surface area contributed by atoms with Gasteiger partial charge in [-0.05, 0) is 30.2 Å². The molecular formula is C27H35N9O5. The zero-order valence-electron chi connectivity index (χ0n) is 23.6. The van der Waals surface area contributed by atoms with E-state index in [1.165, 1.54) is 14.0 Å². The fraction of sp³-hybridized carbons (Fsp3) is 0.481. The molecule has 0 aromatic carbocycles. The van der Waals surface area contributed by atoms with Crippen LogP contribution in [0.25, 0.3) is 16.9 Å². The van der Waals surface area contributed by atoms with Gasteiger partial charge in [-0.15, -0.1) is 5.10 Å². The van der Waals surface area contributed by atoms with E-state index in [0.29, 0.717) is 44.5 Å². The predicted octanol–water partition coefficient (Wildman–Crippen LogP) is 0.895. The highest BCUT2D eigenvalue weighted by molar-refractivity contribution is 5.84. The molecule has 5 rings (SSSR count). The number of anilines is 2. The Morgan fingerprint density at radius 2 is 1.83 bits per heavy atom. The summed E-state index contributed by atoms with van der Waals surface area (Å²) in [5, 5.41) is 10.0. The van der Waals surface area contributed by atoms with Gasteiger partial charge in [0, 0.05) is 70.7 Å². The second-order valence-electron chi connectivity index (χ2n) is 10.1. The normalized spacial score (nSPS) is 16.1. The molecule has 14 nitrogen and oxygen atoms in total. The summed E-state index contributed by atoms with van der Waals surface area (Å²) in [6, 6.07) is 3.88. The van der Waals surface area contributed by atoms with Crippen LogP contribution in [-0.4, -0.2) is 113 Å². The Labute approximate surface area is 237 Å². The van der Waals surface area contributed by atoms with Gasteiger partial charge in [-0.25, -0.2) is 19.3 Å². The van der Waals surface area contributed by atoms with E-state index in [4.69, 9.17) is 14.8 Å². The number of ether oxygens (including phenoxy) is 2. The van der Waals surface area contributed by atoms with Crippen LogP contribution in [0.4, 0.5) is 16.4 Å². The number of aryl methyl sites for hydroxylation is 1. The van der Waals surface area contributed by atoms with Crippen LogP contribution in [0.2, 0.25) is 0 Å². The van der Waals surface area contributed by atoms with Crippen molar-refractivity contribution >= 4 is 35.1 Å². The molecule has 0 spiro atoms. The van der Waals surface area contributed by atoms with Crippen LogP contribution in [0.15, 0.2) is 24.5 Å². The second kappa shape index (κ2) is 12.5. The molecule has 0 saturated carbocycles. The minimum atomic E-state index is -0.588. The van der Waals surface area contributed by atoms with Crippen molar-refractivity contribution in [2.45, 2.75) is 20.4 Å². The minimum Gasteiger partial charge on any atom is -0.453 e. The van der Waals surface area contributed by atoms with Gasteiger partial charge in [0.2, 0.25) is 11.8 Å². The first-order chi connectivity index (χ1) is 19.8. The molecule has 2 saturated heterocycles. The van der Waals surface area contributed by atoms with Crippen molar-refractivity contribution in [3.8, 4) is 11.4 Å². The fourth-order valence-corrected chi connectivity index (χ4v) is 4.99. The van der Waals surface area contributed by atoms with E-state index < -0.39 is 6.09 Å². The van der Waals surface area contributed by atoms with E-state index in [2.05, 4.69) is 36.2 Å². The molecule has 41 heavy (non-hydrogen) atoms. The van der Waals surface area contributed by atoms with Crippen LogP contribution in [-0.2, 0) is 25.6 Å². The Bertz CT molecular complexity index is 1430. The molecule has 14 heteroatoms. The van der Waals surface area contributed by atoms with Gasteiger partial charge in [-0.1, -0.05) is 0 Å². The highest BCUT2D eigenvalue weighted by atomic mass is 16.5. The Morgan fingerprint density at radius 3 is 2.51 bits per heavy atom. The van der Waals surface area contributed by atoms with Crippen molar-refractivity contribution in [3.05, 3.63) is 35.7 Å². The number of carbonyl (C=O) groups excluding carboxylic acids is 3. The summed E-state index contributed by atoms with van der Waals surface area (Å²) in [7, 11) is 1.30. The average Bonchev–Trinajstić information content (AvgIpc) is 3.38. The number of amides is 3. The van der Waals surface area contributed by atoms with Crippen LogP contribution in [0.3, 0.4) is 0 Å². The van der Waals surface area contributed by atoms with Gasteiger partial charge < -0.3 is 24.6 Å². The van der Waals surface area contributed by atoms with Crippen LogP contribution in [0.1, 0.15) is 18.1 Å². The van der Waals surface area contributed by atoms with Crippen LogP contribution < -0.4 is 15.5 Å². The number of carbonyl (C=O) groups is 3. The first-order valence-electron chi connectivity index (χ1n) is 13.6. The van der Waals surface area contributed by atoms with E-state index in [1.807, 2.05) is 17.6 Å². The lowest BCUT2D eigenvalue weighted by Gasteiger charge is -2.34. The molecule has 3 amide bonds. The molecule has 3 aromatic rings. The van der Waals surface area contributed by atoms with Crippen LogP contribution in [0, 0.1) is 6.92 Å². The third-order valence-electron chi connectivity index (χ3n) is 7.20. The monoisotopic (exact) mass is 565 g/mol. The van der Waals surface area contributed by atoms with Crippen LogP contribution >= 0.6 is 0 Å². The number of hydrogen-bond acceptors (Lipinski definition) is 10. The number of rotatable bonds is 7. The SMILES string of the molecule is COC(=O)Nc1cc(C)c(-c2nc(N3CCOCC3)c3cc(CN4CCN(C(=O)CNC(C)=O)CC4)cn3n2)cn1. The third-order valence-corrected chi connectivity index (χ3v) is 7.20. The van der Waals surface area contributed by atoms with E-state index in [9.17, 15) is 14.4 Å². The predicted molar refractivity (Wildman–Crippen MR) is 151 cm³/mol. The van der Waals surface area contributed by atoms with Gasteiger partial charge in [0.25, 0.3) is 0 Å². The molecule has 0 radical (unpaired) electrons. The lowest BCUT2D eigenvalue weighted by Crippen LogP contribution is -2.50. The maximum atomic E-state index is 12.4. The summed E-state index contributed by atoms with van der Waals surface area (Å²) in [6.07, 6.45) is 3.09. The summed E-state index contributed by atoms with van der Waals surface area (Å²) >= 11 is 0. The topological polar surface area (TPSA) is 147 Å². The number of aromatic nitrogens is 4. The highest BCUT2D eigenvalue weighted by Gasteiger charge is 2.24. The summed E-state index contributed by atoms with van der Waals surface area (Å²) < 4.78 is 12.1. The van der Waals surface area contributed by atoms with E-state index in [0.717, 1.165) is 54.2 Å². The number of pyridine rings is 1. The van der Waals surface area contributed by atoms with E-state index >= 15 is 0 Å². The molecule has 2 fully saturated rings. The maximum Gasteiger partial charge on any atom is 0.412 e. The van der Waals surface area contributed by atoms with Crippen molar-refractivity contribution in [3.63, 3.8) is 0 Å². The number of nitrogens with one attached hydrogen (secondary N) is 2. The molecule has 3 aromatic heterocycles. The Kier molecular flexibility index (Phi) is 8.59. The van der Waals surface area contributed by atoms with Gasteiger partial charge in [-0.2, -0.15) is 0 Å². The second-order valence-corrected chi connectivity index (χ2v) is 10.1. The van der Waals surface area contributed by atoms with Crippen molar-refractivity contribution < 1.29 is 23.9 Å². The van der Waals surface area contributed by atoms with Gasteiger partial charge in [0.1, 0.15) is 11.3 Å². The Hall–Kier alpha value is -4.30. The molecule has 0 atom stereocenters. The Morgan fingerprint density at radius 1 is 1.07 bits per heavy atom. The summed E-state index contributed by atoms with van der Waals surface area (Å²) in [4.78, 5) is 50.7. The molecule has 2 aliphatic rings. The minimum absolute atomic E-state index is 0.0328. The number of morpholine rings is 1. The summed E-state index contributed by atoms with van der Waals surface area (Å²) in [5.41, 5.74) is 3.62. The lowest BCUT2D eigenvalue weighted by molar-refractivity contribution is -0.134. The third kappa shape index (κ3) is 6.72. The smallest absolute Gasteiger partial charge is 0.412 e. The maximum absolute atomic E-state index is 12.4. The molecule has 0 unspecified atom stereocenters. The number of methoxy groups -OCH3 is 1. The van der Waals surface area contributed by atoms with E-state index in [-0.39, 0.29) is 18.4 Å². The largest absolute Gasteiger partial charge is 0.453 e. The molecule has 2 aliphatic heterocycles. The van der Waals surface area contributed by atoms with Crippen molar-refractivity contribution in [1.29, 1.82) is 0 Å². The molecule has 0 bridgehead atoms. The van der Waals surface area contributed by atoms with Gasteiger partial charge in [0.05, 0.1) is 26.9 Å². The molecule has 5 heterocycles. The number of piperazine rings is 1. The highest BCUT2D eigenvalue weighted by Crippen LogP contribution is 2.28. The first-order valence-corrected chi connectivity index (χ1v) is 13.6. The van der Waals surface area contributed by atoms with Crippen LogP contribution in [0.5, 0.6) is 0 Å². The molecule has 218 valence electrons. The quantitative estimate of drug-likeness (QED) is 0.424.